The normalized spacial score (nSPS) is 10.4. The van der Waals surface area contributed by atoms with E-state index in [2.05, 4.69) is 40.4 Å². The molecular formula is C24H26N4O2S. The van der Waals surface area contributed by atoms with Crippen LogP contribution in [0.5, 0.6) is 11.5 Å². The Hall–Kier alpha value is -3.24. The van der Waals surface area contributed by atoms with E-state index in [1.165, 1.54) is 30.2 Å². The van der Waals surface area contributed by atoms with Crippen LogP contribution in [0.3, 0.4) is 0 Å². The van der Waals surface area contributed by atoms with E-state index in [0.717, 1.165) is 17.7 Å². The van der Waals surface area contributed by atoms with E-state index in [0.29, 0.717) is 33.7 Å². The van der Waals surface area contributed by atoms with Gasteiger partial charge >= 0.3 is 0 Å². The molecule has 6 nitrogen and oxygen atoms in total. The summed E-state index contributed by atoms with van der Waals surface area (Å²) in [5.74, 6) is 1.67. The Labute approximate surface area is 187 Å². The minimum absolute atomic E-state index is 0.375. The third-order valence-corrected chi connectivity index (χ3v) is 5.42. The summed E-state index contributed by atoms with van der Waals surface area (Å²) in [6.07, 6.45) is 5.31. The number of ether oxygens (including phenoxy) is 2. The minimum atomic E-state index is 0.375. The number of thioether (sulfide) groups is 1. The van der Waals surface area contributed by atoms with Gasteiger partial charge in [-0.2, -0.15) is 5.26 Å². The number of rotatable bonds is 9. The Morgan fingerprint density at radius 1 is 1.03 bits per heavy atom. The molecule has 2 aromatic carbocycles. The van der Waals surface area contributed by atoms with Gasteiger partial charge in [-0.05, 0) is 55.0 Å². The second-order valence-electron chi connectivity index (χ2n) is 6.89. The van der Waals surface area contributed by atoms with E-state index in [9.17, 15) is 5.26 Å². The van der Waals surface area contributed by atoms with E-state index in [1.54, 1.807) is 20.3 Å². The molecule has 0 fully saturated rings. The third kappa shape index (κ3) is 5.28. The molecule has 0 bridgehead atoms. The van der Waals surface area contributed by atoms with Gasteiger partial charge in [0.1, 0.15) is 11.6 Å². The largest absolute Gasteiger partial charge is 0.493 e. The van der Waals surface area contributed by atoms with Crippen molar-refractivity contribution >= 4 is 23.3 Å². The molecule has 0 amide bonds. The van der Waals surface area contributed by atoms with Gasteiger partial charge in [0.05, 0.1) is 19.9 Å². The van der Waals surface area contributed by atoms with Crippen molar-refractivity contribution in [3.05, 3.63) is 53.6 Å². The summed E-state index contributed by atoms with van der Waals surface area (Å²) in [6.45, 7) is 2.19. The Balaban J connectivity index is 2.01. The highest BCUT2D eigenvalue weighted by Crippen LogP contribution is 2.35. The number of nitrogens with one attached hydrogen (secondary N) is 1. The molecule has 0 aliphatic heterocycles. The first-order valence-corrected chi connectivity index (χ1v) is 11.3. The van der Waals surface area contributed by atoms with Gasteiger partial charge in [0.2, 0.25) is 0 Å². The molecule has 0 radical (unpaired) electrons. The van der Waals surface area contributed by atoms with Gasteiger partial charge in [0.15, 0.2) is 22.5 Å². The number of nitrogens with zero attached hydrogens (tertiary/aromatic N) is 3. The quantitative estimate of drug-likeness (QED) is 0.335. The molecule has 3 rings (SSSR count). The van der Waals surface area contributed by atoms with Gasteiger partial charge in [-0.15, -0.1) is 0 Å². The van der Waals surface area contributed by atoms with Crippen LogP contribution in [0.2, 0.25) is 0 Å². The summed E-state index contributed by atoms with van der Waals surface area (Å²) < 4.78 is 10.7. The van der Waals surface area contributed by atoms with Gasteiger partial charge in [0.25, 0.3) is 0 Å². The first kappa shape index (κ1) is 22.4. The van der Waals surface area contributed by atoms with Crippen molar-refractivity contribution in [1.29, 1.82) is 5.26 Å². The summed E-state index contributed by atoms with van der Waals surface area (Å²) in [5, 5.41) is 13.8. The number of aromatic nitrogens is 2. The van der Waals surface area contributed by atoms with Crippen LogP contribution in [0.15, 0.2) is 47.6 Å². The molecule has 7 heteroatoms. The Bertz CT molecular complexity index is 1080. The summed E-state index contributed by atoms with van der Waals surface area (Å²) >= 11 is 1.42. The highest BCUT2D eigenvalue weighted by molar-refractivity contribution is 7.98. The standard InChI is InChI=1S/C24H26N4O2S/c1-5-6-7-16-8-11-18(12-9-16)26-23-19(15-25)22(27-24(28-23)31-4)17-10-13-20(29-2)21(14-17)30-3/h8-14H,5-7H2,1-4H3,(H,26,27,28). The molecule has 0 atom stereocenters. The molecule has 1 N–H and O–H groups in total. The lowest BCUT2D eigenvalue weighted by molar-refractivity contribution is 0.355. The average Bonchev–Trinajstić information content (AvgIpc) is 2.82. The molecule has 1 heterocycles. The smallest absolute Gasteiger partial charge is 0.189 e. The number of hydrogen-bond donors (Lipinski definition) is 1. The van der Waals surface area contributed by atoms with Gasteiger partial charge < -0.3 is 14.8 Å². The molecule has 0 spiro atoms. The number of methoxy groups -OCH3 is 2. The van der Waals surface area contributed by atoms with Crippen molar-refractivity contribution in [3.8, 4) is 28.8 Å². The van der Waals surface area contributed by atoms with Crippen LogP contribution >= 0.6 is 11.8 Å². The van der Waals surface area contributed by atoms with E-state index in [4.69, 9.17) is 9.47 Å². The zero-order valence-electron chi connectivity index (χ0n) is 18.2. The van der Waals surface area contributed by atoms with Crippen LogP contribution in [0.1, 0.15) is 30.9 Å². The van der Waals surface area contributed by atoms with E-state index < -0.39 is 0 Å². The van der Waals surface area contributed by atoms with Crippen molar-refractivity contribution in [2.75, 3.05) is 25.8 Å². The first-order valence-electron chi connectivity index (χ1n) is 10.1. The molecular weight excluding hydrogens is 408 g/mol. The molecule has 0 aliphatic carbocycles. The Kier molecular flexibility index (Phi) is 7.74. The second-order valence-corrected chi connectivity index (χ2v) is 7.66. The summed E-state index contributed by atoms with van der Waals surface area (Å²) in [5.41, 5.74) is 3.85. The first-order chi connectivity index (χ1) is 15.1. The zero-order valence-corrected chi connectivity index (χ0v) is 19.0. The van der Waals surface area contributed by atoms with Crippen LogP contribution in [0.25, 0.3) is 11.3 Å². The van der Waals surface area contributed by atoms with Crippen LogP contribution in [0, 0.1) is 11.3 Å². The van der Waals surface area contributed by atoms with E-state index >= 15 is 0 Å². The molecule has 31 heavy (non-hydrogen) atoms. The van der Waals surface area contributed by atoms with Crippen molar-refractivity contribution in [3.63, 3.8) is 0 Å². The maximum absolute atomic E-state index is 9.94. The monoisotopic (exact) mass is 434 g/mol. The fourth-order valence-corrected chi connectivity index (χ4v) is 3.56. The van der Waals surface area contributed by atoms with Gasteiger partial charge in [-0.1, -0.05) is 37.2 Å². The lowest BCUT2D eigenvalue weighted by Crippen LogP contribution is -2.03. The number of nitriles is 1. The lowest BCUT2D eigenvalue weighted by Gasteiger charge is -2.14. The fraction of sp³-hybridized carbons (Fsp3) is 0.292. The highest BCUT2D eigenvalue weighted by Gasteiger charge is 2.18. The average molecular weight is 435 g/mol. The number of unbranched alkanes of at least 4 members (excludes halogenated alkanes) is 1. The van der Waals surface area contributed by atoms with Crippen molar-refractivity contribution in [2.24, 2.45) is 0 Å². The second kappa shape index (κ2) is 10.7. The fourth-order valence-electron chi connectivity index (χ4n) is 3.19. The maximum Gasteiger partial charge on any atom is 0.189 e. The van der Waals surface area contributed by atoms with E-state index in [-0.39, 0.29) is 0 Å². The molecule has 3 aromatic rings. The number of anilines is 2. The molecule has 1 aromatic heterocycles. The van der Waals surface area contributed by atoms with Crippen molar-refractivity contribution in [1.82, 2.24) is 9.97 Å². The molecule has 0 saturated heterocycles. The Morgan fingerprint density at radius 2 is 1.77 bits per heavy atom. The third-order valence-electron chi connectivity index (χ3n) is 4.88. The minimum Gasteiger partial charge on any atom is -0.493 e. The number of benzene rings is 2. The van der Waals surface area contributed by atoms with Crippen molar-refractivity contribution in [2.45, 2.75) is 31.3 Å². The van der Waals surface area contributed by atoms with E-state index in [1.807, 2.05) is 30.5 Å². The topological polar surface area (TPSA) is 80.1 Å². The SMILES string of the molecule is CCCCc1ccc(Nc2nc(SC)nc(-c3ccc(OC)c(OC)c3)c2C#N)cc1. The maximum atomic E-state index is 9.94. The van der Waals surface area contributed by atoms with Crippen LogP contribution < -0.4 is 14.8 Å². The van der Waals surface area contributed by atoms with Gasteiger partial charge in [0, 0.05) is 11.3 Å². The number of hydrogen-bond acceptors (Lipinski definition) is 7. The molecule has 0 unspecified atom stereocenters. The summed E-state index contributed by atoms with van der Waals surface area (Å²) in [4.78, 5) is 9.16. The molecule has 160 valence electrons. The van der Waals surface area contributed by atoms with Crippen LogP contribution in [-0.4, -0.2) is 30.4 Å². The van der Waals surface area contributed by atoms with Crippen molar-refractivity contribution < 1.29 is 9.47 Å². The molecule has 0 saturated carbocycles. The lowest BCUT2D eigenvalue weighted by atomic mass is 10.1. The zero-order chi connectivity index (χ0) is 22.2. The highest BCUT2D eigenvalue weighted by atomic mass is 32.2. The summed E-state index contributed by atoms with van der Waals surface area (Å²) in [7, 11) is 3.17. The van der Waals surface area contributed by atoms with Crippen LogP contribution in [0.4, 0.5) is 11.5 Å². The van der Waals surface area contributed by atoms with Gasteiger partial charge in [-0.25, -0.2) is 9.97 Å². The Morgan fingerprint density at radius 3 is 2.39 bits per heavy atom. The molecule has 0 aliphatic rings. The predicted octanol–water partition coefficient (Wildman–Crippen LogP) is 5.84. The summed E-state index contributed by atoms with van der Waals surface area (Å²) in [6, 6.07) is 16.0. The number of aryl methyl sites for hydroxylation is 1. The predicted molar refractivity (Wildman–Crippen MR) is 125 cm³/mol. The van der Waals surface area contributed by atoms with Gasteiger partial charge in [-0.3, -0.25) is 0 Å². The van der Waals surface area contributed by atoms with Crippen LogP contribution in [-0.2, 0) is 6.42 Å².